The molecule has 76 heavy (non-hydrogen) atoms. The Morgan fingerprint density at radius 1 is 0.816 bits per heavy atom. The van der Waals surface area contributed by atoms with Crippen LogP contribution < -0.4 is 60.6 Å². The van der Waals surface area contributed by atoms with E-state index in [0.29, 0.717) is 16.7 Å². The number of primary amides is 1. The van der Waals surface area contributed by atoms with E-state index in [9.17, 15) is 53.5 Å². The van der Waals surface area contributed by atoms with Crippen molar-refractivity contribution in [2.75, 3.05) is 19.6 Å². The second kappa shape index (κ2) is 30.1. The van der Waals surface area contributed by atoms with Crippen LogP contribution in [0.3, 0.4) is 0 Å². The molecule has 4 rings (SSSR count). The molecule has 1 aromatic heterocycles. The lowest BCUT2D eigenvalue weighted by Crippen LogP contribution is -2.60. The summed E-state index contributed by atoms with van der Waals surface area (Å²) < 4.78 is 0. The molecule has 0 spiro atoms. The molecule has 25 heteroatoms. The van der Waals surface area contributed by atoms with Crippen molar-refractivity contribution in [2.24, 2.45) is 50.5 Å². The summed E-state index contributed by atoms with van der Waals surface area (Å²) in [7, 11) is 0. The van der Waals surface area contributed by atoms with Crippen molar-refractivity contribution in [1.29, 1.82) is 5.26 Å². The van der Waals surface area contributed by atoms with E-state index in [4.69, 9.17) is 28.7 Å². The van der Waals surface area contributed by atoms with E-state index < -0.39 is 114 Å². The van der Waals surface area contributed by atoms with Crippen LogP contribution in [0.1, 0.15) is 94.7 Å². The van der Waals surface area contributed by atoms with Gasteiger partial charge in [-0.25, -0.2) is 0 Å². The van der Waals surface area contributed by atoms with E-state index >= 15 is 0 Å². The van der Waals surface area contributed by atoms with Crippen molar-refractivity contribution in [3.05, 3.63) is 71.4 Å². The standard InChI is InChI=1S/C51H71N15O10/c1-28(67)44-49(76)65-40(22-30-13-15-31(26-52)16-14-30)42(70)24-32(8-5-20-59-50(54)55)41(69)25-33(23-34-27-61-36-10-4-3-9-35(34)36)46(73)63-37(45(53)72)11-6-19-58-43(71)18-17-39(48(75)66-44)64-47(74)38(62-29(2)68)12-7-21-60-51(56)57/h3-4,9-10,13-16,27-28,32-33,37-40,44,61,67H,5-8,11-12,17-25H2,1-2H3,(H2,53,72)(H,58,71)(H,62,68)(H,63,73)(H,64,74)(H,65,76)(H,66,75)(H4,54,55,59)(H4,56,57,60)/t28-,32-,33-,37+,38+,39+,40-,44+/m1/s1. The summed E-state index contributed by atoms with van der Waals surface area (Å²) in [6.45, 7) is 2.54. The number of nitriles is 1. The maximum Gasteiger partial charge on any atom is 0.245 e. The lowest BCUT2D eigenvalue weighted by atomic mass is 9.83. The molecule has 0 radical (unpaired) electrons. The van der Waals surface area contributed by atoms with Gasteiger partial charge < -0.3 is 70.7 Å². The van der Waals surface area contributed by atoms with Crippen LogP contribution in [0.5, 0.6) is 0 Å². The highest BCUT2D eigenvalue weighted by Crippen LogP contribution is 2.26. The third-order valence-corrected chi connectivity index (χ3v) is 12.7. The van der Waals surface area contributed by atoms with E-state index in [1.54, 1.807) is 18.3 Å². The number of hydrogen-bond acceptors (Lipinski definition) is 13. The molecule has 2 heterocycles. The molecule has 1 saturated heterocycles. The predicted octanol–water partition coefficient (Wildman–Crippen LogP) is -1.92. The number of H-pyrrole nitrogens is 1. The number of aromatic amines is 1. The molecule has 8 atom stereocenters. The number of rotatable bonds is 17. The van der Waals surface area contributed by atoms with E-state index in [-0.39, 0.29) is 95.8 Å². The zero-order valence-corrected chi connectivity index (χ0v) is 42.8. The molecule has 3 aromatic rings. The minimum atomic E-state index is -1.77. The van der Waals surface area contributed by atoms with Gasteiger partial charge in [0.25, 0.3) is 0 Å². The number of nitrogens with two attached hydrogens (primary N) is 5. The first-order valence-corrected chi connectivity index (χ1v) is 25.1. The Morgan fingerprint density at radius 2 is 1.49 bits per heavy atom. The number of carbonyl (C=O) groups excluding carboxylic acids is 9. The Labute approximate surface area is 439 Å². The summed E-state index contributed by atoms with van der Waals surface area (Å²) in [6.07, 6.45) is -1.11. The average molecular weight is 1050 g/mol. The zero-order valence-electron chi connectivity index (χ0n) is 42.8. The van der Waals surface area contributed by atoms with Crippen LogP contribution in [0, 0.1) is 23.2 Å². The van der Waals surface area contributed by atoms with Crippen LogP contribution in [0.25, 0.3) is 10.9 Å². The second-order valence-corrected chi connectivity index (χ2v) is 18.8. The summed E-state index contributed by atoms with van der Waals surface area (Å²) in [5, 5.41) is 36.8. The number of hydrogen-bond donors (Lipinski definition) is 13. The maximum atomic E-state index is 14.7. The number of aliphatic hydroxyl groups is 1. The predicted molar refractivity (Wildman–Crippen MR) is 281 cm³/mol. The van der Waals surface area contributed by atoms with Crippen molar-refractivity contribution in [3.63, 3.8) is 0 Å². The number of aliphatic hydroxyl groups excluding tert-OH is 1. The number of amides is 7. The highest BCUT2D eigenvalue weighted by atomic mass is 16.3. The molecular weight excluding hydrogens is 983 g/mol. The normalized spacial score (nSPS) is 21.5. The smallest absolute Gasteiger partial charge is 0.245 e. The van der Waals surface area contributed by atoms with Gasteiger partial charge >= 0.3 is 0 Å². The fraction of sp³-hybridized carbons (Fsp3) is 0.490. The molecule has 25 nitrogen and oxygen atoms in total. The number of ketones is 2. The maximum absolute atomic E-state index is 14.7. The van der Waals surface area contributed by atoms with Gasteiger partial charge in [-0.2, -0.15) is 5.26 Å². The van der Waals surface area contributed by atoms with E-state index in [1.165, 1.54) is 26.0 Å². The fourth-order valence-corrected chi connectivity index (χ4v) is 8.69. The largest absolute Gasteiger partial charge is 0.391 e. The monoisotopic (exact) mass is 1050 g/mol. The number of Topliss-reactive ketones (excluding diaryl/α,β-unsaturated/α-hetero) is 2. The third kappa shape index (κ3) is 19.8. The molecule has 0 bridgehead atoms. The van der Waals surface area contributed by atoms with Crippen LogP contribution in [0.2, 0.25) is 0 Å². The first-order chi connectivity index (χ1) is 36.1. The first-order valence-electron chi connectivity index (χ1n) is 25.1. The highest BCUT2D eigenvalue weighted by Gasteiger charge is 2.36. The van der Waals surface area contributed by atoms with Gasteiger partial charge in [-0.15, -0.1) is 0 Å². The van der Waals surface area contributed by atoms with Crippen molar-refractivity contribution in [2.45, 2.75) is 127 Å². The number of carbonyl (C=O) groups is 9. The van der Waals surface area contributed by atoms with E-state index in [2.05, 4.69) is 46.9 Å². The van der Waals surface area contributed by atoms with Crippen LogP contribution in [-0.2, 0) is 56.0 Å². The lowest BCUT2D eigenvalue weighted by Gasteiger charge is -2.28. The van der Waals surface area contributed by atoms with Crippen LogP contribution in [-0.4, -0.2) is 131 Å². The fourth-order valence-electron chi connectivity index (χ4n) is 8.69. The molecular formula is C51H71N15O10. The van der Waals surface area contributed by atoms with Crippen molar-refractivity contribution in [3.8, 4) is 6.07 Å². The van der Waals surface area contributed by atoms with Crippen molar-refractivity contribution < 1.29 is 48.3 Å². The number of nitrogens with one attached hydrogen (secondary N) is 7. The Balaban J connectivity index is 1.78. The first kappa shape index (κ1) is 60.2. The van der Waals surface area contributed by atoms with Crippen LogP contribution in [0.15, 0.2) is 64.7 Å². The van der Waals surface area contributed by atoms with Crippen LogP contribution >= 0.6 is 0 Å². The number of fused-ring (bicyclic) bond motifs is 1. The van der Waals surface area contributed by atoms with E-state index in [0.717, 1.165) is 10.9 Å². The number of nitrogens with zero attached hydrogens (tertiary/aromatic N) is 3. The highest BCUT2D eigenvalue weighted by molar-refractivity contribution is 5.98. The van der Waals surface area contributed by atoms with E-state index in [1.807, 2.05) is 30.3 Å². The van der Waals surface area contributed by atoms with Gasteiger partial charge in [-0.3, -0.25) is 53.1 Å². The Kier molecular flexibility index (Phi) is 23.8. The molecule has 2 aromatic carbocycles. The van der Waals surface area contributed by atoms with Gasteiger partial charge in [0.15, 0.2) is 17.7 Å². The Morgan fingerprint density at radius 3 is 2.13 bits per heavy atom. The molecule has 18 N–H and O–H groups in total. The average Bonchev–Trinajstić information content (AvgIpc) is 3.78. The number of guanidine groups is 2. The summed E-state index contributed by atoms with van der Waals surface area (Å²) in [6, 6.07) is 8.30. The van der Waals surface area contributed by atoms with Gasteiger partial charge in [0.1, 0.15) is 30.0 Å². The summed E-state index contributed by atoms with van der Waals surface area (Å²) >= 11 is 0. The van der Waals surface area contributed by atoms with Crippen LogP contribution in [0.4, 0.5) is 0 Å². The third-order valence-electron chi connectivity index (χ3n) is 12.7. The lowest BCUT2D eigenvalue weighted by molar-refractivity contribution is -0.137. The van der Waals surface area contributed by atoms with Gasteiger partial charge in [0, 0.05) is 74.8 Å². The summed E-state index contributed by atoms with van der Waals surface area (Å²) in [4.78, 5) is 136. The van der Waals surface area contributed by atoms with Gasteiger partial charge in [-0.1, -0.05) is 30.3 Å². The minimum absolute atomic E-state index is 0.0185. The second-order valence-electron chi connectivity index (χ2n) is 18.8. The van der Waals surface area contributed by atoms with Crippen molar-refractivity contribution in [1.82, 2.24) is 36.9 Å². The summed E-state index contributed by atoms with van der Waals surface area (Å²) in [5.74, 6) is -9.36. The molecule has 0 unspecified atom stereocenters. The number of benzene rings is 2. The molecule has 7 amide bonds. The van der Waals surface area contributed by atoms with Gasteiger partial charge in [0.2, 0.25) is 41.4 Å². The minimum Gasteiger partial charge on any atom is -0.391 e. The molecule has 1 aliphatic heterocycles. The molecule has 0 saturated carbocycles. The molecule has 0 aliphatic carbocycles. The summed E-state index contributed by atoms with van der Waals surface area (Å²) in [5.41, 5.74) is 30.1. The SMILES string of the molecule is CC(=O)N[C@@H](CCCN=C(N)N)C(=O)N[C@H]1CCC(=O)NCCC[C@@H](C(N)=O)NC(=O)[C@H](Cc2c[nH]c3ccccc23)CC(=O)[C@H](CCCN=C(N)N)CC(=O)[C@@H](Cc2ccc(C#N)cc2)NC(=O)[C@H]([C@@H](C)O)NC1=O. The Bertz CT molecular complexity index is 2640. The van der Waals surface area contributed by atoms with Gasteiger partial charge in [-0.05, 0) is 94.0 Å². The van der Waals surface area contributed by atoms with Crippen molar-refractivity contribution >= 4 is 75.7 Å². The zero-order chi connectivity index (χ0) is 55.9. The topological polar surface area (TPSA) is 440 Å². The quantitative estimate of drug-likeness (QED) is 0.0398. The number of aromatic nitrogens is 1. The Hall–Kier alpha value is -8.40. The number of para-hydroxylation sites is 1. The molecule has 1 fully saturated rings. The van der Waals surface area contributed by atoms with Gasteiger partial charge in [0.05, 0.1) is 23.8 Å². The molecule has 1 aliphatic rings. The molecule has 410 valence electrons. The number of aliphatic imine (C=N–C) groups is 2.